The Morgan fingerprint density at radius 1 is 1.00 bits per heavy atom. The molecule has 0 rings (SSSR count). The number of ketones is 1. The van der Waals surface area contributed by atoms with E-state index in [2.05, 4.69) is 34.6 Å². The van der Waals surface area contributed by atoms with E-state index in [-0.39, 0.29) is 5.41 Å². The standard InChI is InChI=1S/C13H26O/c1-11(14)10-13(5,6)9-7-8-12(2,3)4/h7-10H2,1-6H3. The summed E-state index contributed by atoms with van der Waals surface area (Å²) < 4.78 is 0. The lowest BCUT2D eigenvalue weighted by molar-refractivity contribution is -0.118. The molecule has 0 amide bonds. The Hall–Kier alpha value is -0.330. The number of hydrogen-bond donors (Lipinski definition) is 0. The summed E-state index contributed by atoms with van der Waals surface area (Å²) in [6.07, 6.45) is 4.35. The molecule has 1 heteroatoms. The van der Waals surface area contributed by atoms with Crippen LogP contribution in [0, 0.1) is 10.8 Å². The highest BCUT2D eigenvalue weighted by Crippen LogP contribution is 2.31. The first-order valence-electron chi connectivity index (χ1n) is 5.62. The molecule has 0 aromatic rings. The van der Waals surface area contributed by atoms with Crippen molar-refractivity contribution >= 4 is 5.78 Å². The molecule has 0 bridgehead atoms. The van der Waals surface area contributed by atoms with Gasteiger partial charge in [-0.05, 0) is 30.6 Å². The summed E-state index contributed by atoms with van der Waals surface area (Å²) in [6.45, 7) is 12.9. The van der Waals surface area contributed by atoms with E-state index < -0.39 is 0 Å². The predicted octanol–water partition coefficient (Wildman–Crippen LogP) is 4.21. The molecule has 0 radical (unpaired) electrons. The van der Waals surface area contributed by atoms with Crippen LogP contribution in [0.2, 0.25) is 0 Å². The normalized spacial score (nSPS) is 13.0. The Labute approximate surface area is 89.3 Å². The van der Waals surface area contributed by atoms with Gasteiger partial charge in [-0.25, -0.2) is 0 Å². The Morgan fingerprint density at radius 3 is 1.86 bits per heavy atom. The predicted molar refractivity (Wildman–Crippen MR) is 62.4 cm³/mol. The van der Waals surface area contributed by atoms with Crippen LogP contribution in [0.1, 0.15) is 67.2 Å². The van der Waals surface area contributed by atoms with E-state index in [1.807, 2.05) is 0 Å². The van der Waals surface area contributed by atoms with Crippen molar-refractivity contribution in [2.75, 3.05) is 0 Å². The molecule has 0 aromatic heterocycles. The first-order chi connectivity index (χ1) is 6.12. The van der Waals surface area contributed by atoms with Crippen molar-refractivity contribution in [3.8, 4) is 0 Å². The van der Waals surface area contributed by atoms with Gasteiger partial charge in [-0.2, -0.15) is 0 Å². The average molecular weight is 198 g/mol. The third kappa shape index (κ3) is 8.28. The molecule has 84 valence electrons. The van der Waals surface area contributed by atoms with Crippen molar-refractivity contribution < 1.29 is 4.79 Å². The first-order valence-corrected chi connectivity index (χ1v) is 5.62. The van der Waals surface area contributed by atoms with Gasteiger partial charge >= 0.3 is 0 Å². The molecule has 0 aliphatic carbocycles. The lowest BCUT2D eigenvalue weighted by Gasteiger charge is -2.25. The van der Waals surface area contributed by atoms with Gasteiger partial charge < -0.3 is 4.79 Å². The van der Waals surface area contributed by atoms with Gasteiger partial charge in [-0.3, -0.25) is 0 Å². The molecule has 0 N–H and O–H groups in total. The SMILES string of the molecule is CC(=O)CC(C)(C)CCCC(C)(C)C. The highest BCUT2D eigenvalue weighted by Gasteiger charge is 2.20. The molecule has 0 aromatic carbocycles. The first kappa shape index (κ1) is 13.7. The van der Waals surface area contributed by atoms with E-state index in [9.17, 15) is 4.79 Å². The fourth-order valence-electron chi connectivity index (χ4n) is 1.86. The lowest BCUT2D eigenvalue weighted by Crippen LogP contribution is -2.16. The molecule has 0 saturated carbocycles. The maximum Gasteiger partial charge on any atom is 0.130 e. The van der Waals surface area contributed by atoms with Crippen molar-refractivity contribution in [3.05, 3.63) is 0 Å². The van der Waals surface area contributed by atoms with Gasteiger partial charge in [0.15, 0.2) is 0 Å². The maximum atomic E-state index is 11.0. The molecule has 0 saturated heterocycles. The van der Waals surface area contributed by atoms with E-state index in [4.69, 9.17) is 0 Å². The van der Waals surface area contributed by atoms with E-state index >= 15 is 0 Å². The molecular weight excluding hydrogens is 172 g/mol. The summed E-state index contributed by atoms with van der Waals surface area (Å²) in [7, 11) is 0. The van der Waals surface area contributed by atoms with Gasteiger partial charge in [0, 0.05) is 6.42 Å². The van der Waals surface area contributed by atoms with Gasteiger partial charge in [0.2, 0.25) is 0 Å². The highest BCUT2D eigenvalue weighted by atomic mass is 16.1. The van der Waals surface area contributed by atoms with E-state index in [0.717, 1.165) is 12.8 Å². The molecule has 0 spiro atoms. The summed E-state index contributed by atoms with van der Waals surface area (Å²) in [5.41, 5.74) is 0.614. The van der Waals surface area contributed by atoms with Crippen LogP contribution < -0.4 is 0 Å². The van der Waals surface area contributed by atoms with Crippen LogP contribution in [0.5, 0.6) is 0 Å². The molecular formula is C13H26O. The molecule has 0 fully saturated rings. The number of hydrogen-bond acceptors (Lipinski definition) is 1. The van der Waals surface area contributed by atoms with Crippen LogP contribution in [-0.4, -0.2) is 5.78 Å². The van der Waals surface area contributed by atoms with Crippen LogP contribution in [0.4, 0.5) is 0 Å². The van der Waals surface area contributed by atoms with Crippen molar-refractivity contribution in [1.82, 2.24) is 0 Å². The Balaban J connectivity index is 3.82. The largest absolute Gasteiger partial charge is 0.300 e. The Kier molecular flexibility index (Phi) is 4.83. The van der Waals surface area contributed by atoms with Crippen molar-refractivity contribution in [2.45, 2.75) is 67.2 Å². The van der Waals surface area contributed by atoms with Crippen molar-refractivity contribution in [2.24, 2.45) is 10.8 Å². The molecule has 0 unspecified atom stereocenters. The molecule has 0 atom stereocenters. The maximum absolute atomic E-state index is 11.0. The number of Topliss-reactive ketones (excluding diaryl/α,β-unsaturated/α-hetero) is 1. The zero-order valence-corrected chi connectivity index (χ0v) is 10.7. The molecule has 0 heterocycles. The molecule has 0 aliphatic rings. The smallest absolute Gasteiger partial charge is 0.130 e. The van der Waals surface area contributed by atoms with Crippen LogP contribution in [0.25, 0.3) is 0 Å². The monoisotopic (exact) mass is 198 g/mol. The number of carbonyl (C=O) groups excluding carboxylic acids is 1. The molecule has 1 nitrogen and oxygen atoms in total. The average Bonchev–Trinajstić information content (AvgIpc) is 1.78. The zero-order valence-electron chi connectivity index (χ0n) is 10.7. The summed E-state index contributed by atoms with van der Waals surface area (Å²) in [5.74, 6) is 0.311. The quantitative estimate of drug-likeness (QED) is 0.647. The van der Waals surface area contributed by atoms with Crippen LogP contribution >= 0.6 is 0 Å². The minimum Gasteiger partial charge on any atom is -0.300 e. The summed E-state index contributed by atoms with van der Waals surface area (Å²) in [4.78, 5) is 11.0. The summed E-state index contributed by atoms with van der Waals surface area (Å²) >= 11 is 0. The fraction of sp³-hybridized carbons (Fsp3) is 0.923. The van der Waals surface area contributed by atoms with E-state index in [1.165, 1.54) is 12.8 Å². The van der Waals surface area contributed by atoms with Crippen molar-refractivity contribution in [3.63, 3.8) is 0 Å². The third-order valence-corrected chi connectivity index (χ3v) is 2.51. The minimum atomic E-state index is 0.192. The summed E-state index contributed by atoms with van der Waals surface area (Å²) in [5, 5.41) is 0. The van der Waals surface area contributed by atoms with Gasteiger partial charge in [0.1, 0.15) is 5.78 Å². The van der Waals surface area contributed by atoms with E-state index in [1.54, 1.807) is 6.92 Å². The minimum absolute atomic E-state index is 0.192. The number of rotatable bonds is 5. The second-order valence-corrected chi connectivity index (χ2v) is 6.46. The Bertz CT molecular complexity index is 184. The second-order valence-electron chi connectivity index (χ2n) is 6.46. The lowest BCUT2D eigenvalue weighted by atomic mass is 9.80. The fourth-order valence-corrected chi connectivity index (χ4v) is 1.86. The topological polar surface area (TPSA) is 17.1 Å². The molecule has 0 aliphatic heterocycles. The van der Waals surface area contributed by atoms with Gasteiger partial charge in [0.25, 0.3) is 0 Å². The van der Waals surface area contributed by atoms with Gasteiger partial charge in [-0.1, -0.05) is 41.0 Å². The second kappa shape index (κ2) is 4.95. The zero-order chi connectivity index (χ0) is 11.4. The van der Waals surface area contributed by atoms with Gasteiger partial charge in [-0.15, -0.1) is 0 Å². The third-order valence-electron chi connectivity index (χ3n) is 2.51. The van der Waals surface area contributed by atoms with Crippen LogP contribution in [-0.2, 0) is 4.79 Å². The molecule has 14 heavy (non-hydrogen) atoms. The number of carbonyl (C=O) groups is 1. The summed E-state index contributed by atoms with van der Waals surface area (Å²) in [6, 6.07) is 0. The highest BCUT2D eigenvalue weighted by molar-refractivity contribution is 5.76. The van der Waals surface area contributed by atoms with Crippen molar-refractivity contribution in [1.29, 1.82) is 0 Å². The van der Waals surface area contributed by atoms with Crippen LogP contribution in [0.15, 0.2) is 0 Å². The van der Waals surface area contributed by atoms with E-state index in [0.29, 0.717) is 11.2 Å². The Morgan fingerprint density at radius 2 is 1.50 bits per heavy atom. The van der Waals surface area contributed by atoms with Gasteiger partial charge in [0.05, 0.1) is 0 Å². The van der Waals surface area contributed by atoms with Crippen LogP contribution in [0.3, 0.4) is 0 Å².